The third kappa shape index (κ3) is 3.67. The Bertz CT molecular complexity index is 374. The highest BCUT2D eigenvalue weighted by atomic mass is 32.1. The van der Waals surface area contributed by atoms with E-state index in [1.165, 1.54) is 15.3 Å². The van der Waals surface area contributed by atoms with Gasteiger partial charge in [-0.25, -0.2) is 0 Å². The van der Waals surface area contributed by atoms with E-state index in [0.29, 0.717) is 5.04 Å². The summed E-state index contributed by atoms with van der Waals surface area (Å²) < 4.78 is 6.24. The van der Waals surface area contributed by atoms with Crippen molar-refractivity contribution >= 4 is 19.7 Å². The van der Waals surface area contributed by atoms with Gasteiger partial charge in [0.05, 0.1) is 6.61 Å². The Hall–Kier alpha value is -0.123. The fourth-order valence-corrected chi connectivity index (χ4v) is 3.58. The summed E-state index contributed by atoms with van der Waals surface area (Å²) in [7, 11) is -1.60. The molecule has 0 radical (unpaired) electrons. The van der Waals surface area contributed by atoms with Crippen LogP contribution in [0.1, 0.15) is 43.0 Å². The monoisotopic (exact) mass is 270 g/mol. The van der Waals surface area contributed by atoms with E-state index in [0.717, 1.165) is 13.0 Å². The van der Waals surface area contributed by atoms with Crippen LogP contribution in [0.2, 0.25) is 18.1 Å². The lowest BCUT2D eigenvalue weighted by Gasteiger charge is -2.36. The zero-order chi connectivity index (χ0) is 13.3. The Labute approximate surface area is 111 Å². The van der Waals surface area contributed by atoms with Gasteiger partial charge in [0.1, 0.15) is 0 Å². The molecule has 1 aromatic heterocycles. The number of thiophene rings is 1. The second-order valence-electron chi connectivity index (χ2n) is 6.20. The molecule has 17 heavy (non-hydrogen) atoms. The Balaban J connectivity index is 2.67. The van der Waals surface area contributed by atoms with Crippen molar-refractivity contribution in [1.82, 2.24) is 0 Å². The molecular weight excluding hydrogens is 244 g/mol. The summed E-state index contributed by atoms with van der Waals surface area (Å²) in [4.78, 5) is 2.82. The number of aryl methyl sites for hydroxylation is 2. The Morgan fingerprint density at radius 2 is 1.88 bits per heavy atom. The number of rotatable bonds is 4. The van der Waals surface area contributed by atoms with Crippen LogP contribution in [0.5, 0.6) is 0 Å². The molecule has 0 fully saturated rings. The molecule has 0 aromatic carbocycles. The minimum Gasteiger partial charge on any atom is -0.412 e. The lowest BCUT2D eigenvalue weighted by molar-refractivity contribution is 0.279. The van der Waals surface area contributed by atoms with Crippen LogP contribution in [0.3, 0.4) is 0 Å². The molecular formula is C14H26OSSi. The molecule has 0 saturated heterocycles. The maximum atomic E-state index is 6.24. The van der Waals surface area contributed by atoms with Gasteiger partial charge in [0, 0.05) is 9.75 Å². The summed E-state index contributed by atoms with van der Waals surface area (Å²) in [5.41, 5.74) is 1.48. The van der Waals surface area contributed by atoms with Crippen LogP contribution in [0.15, 0.2) is 6.07 Å². The van der Waals surface area contributed by atoms with Crippen molar-refractivity contribution in [3.63, 3.8) is 0 Å². The average Bonchev–Trinajstić information content (AvgIpc) is 2.54. The Kier molecular flexibility index (Phi) is 4.61. The van der Waals surface area contributed by atoms with E-state index in [1.807, 2.05) is 11.3 Å². The highest BCUT2D eigenvalue weighted by Gasteiger charge is 2.37. The fraction of sp³-hybridized carbons (Fsp3) is 0.714. The second-order valence-corrected chi connectivity index (χ2v) is 12.3. The topological polar surface area (TPSA) is 9.23 Å². The van der Waals surface area contributed by atoms with Crippen molar-refractivity contribution in [3.05, 3.63) is 21.4 Å². The van der Waals surface area contributed by atoms with Gasteiger partial charge in [-0.05, 0) is 43.1 Å². The first-order valence-electron chi connectivity index (χ1n) is 6.39. The smallest absolute Gasteiger partial charge is 0.192 e. The normalized spacial score (nSPS) is 13.1. The van der Waals surface area contributed by atoms with Crippen LogP contribution in [0, 0.1) is 6.92 Å². The third-order valence-electron chi connectivity index (χ3n) is 3.83. The van der Waals surface area contributed by atoms with Crippen molar-refractivity contribution in [2.24, 2.45) is 0 Å². The van der Waals surface area contributed by atoms with E-state index >= 15 is 0 Å². The zero-order valence-electron chi connectivity index (χ0n) is 12.3. The molecule has 0 amide bonds. The van der Waals surface area contributed by atoms with Crippen molar-refractivity contribution in [1.29, 1.82) is 0 Å². The lowest BCUT2D eigenvalue weighted by Crippen LogP contribution is -2.40. The standard InChI is InChI=1S/C14H26OSSi/c1-8-12-9-13(16-11(12)2)10-15-17(6,7)14(3,4)5/h9H,8,10H2,1-7H3. The summed E-state index contributed by atoms with van der Waals surface area (Å²) in [5, 5.41) is 0.299. The van der Waals surface area contributed by atoms with Gasteiger partial charge in [-0.2, -0.15) is 0 Å². The van der Waals surface area contributed by atoms with Crippen LogP contribution in [0.4, 0.5) is 0 Å². The summed E-state index contributed by atoms with van der Waals surface area (Å²) in [6.07, 6.45) is 1.13. The molecule has 0 atom stereocenters. The van der Waals surface area contributed by atoms with Gasteiger partial charge in [0.25, 0.3) is 0 Å². The van der Waals surface area contributed by atoms with E-state index in [2.05, 4.69) is 53.8 Å². The number of hydrogen-bond donors (Lipinski definition) is 0. The molecule has 98 valence electrons. The molecule has 1 heterocycles. The van der Waals surface area contributed by atoms with Crippen molar-refractivity contribution in [2.75, 3.05) is 0 Å². The van der Waals surface area contributed by atoms with Crippen molar-refractivity contribution in [2.45, 2.75) is 65.8 Å². The summed E-state index contributed by atoms with van der Waals surface area (Å²) in [6, 6.07) is 2.31. The molecule has 1 rings (SSSR count). The van der Waals surface area contributed by atoms with E-state index in [-0.39, 0.29) is 0 Å². The van der Waals surface area contributed by atoms with Gasteiger partial charge in [-0.1, -0.05) is 27.7 Å². The Morgan fingerprint density at radius 3 is 2.29 bits per heavy atom. The molecule has 0 saturated carbocycles. The van der Waals surface area contributed by atoms with Gasteiger partial charge in [-0.15, -0.1) is 11.3 Å². The highest BCUT2D eigenvalue weighted by Crippen LogP contribution is 2.37. The van der Waals surface area contributed by atoms with Crippen molar-refractivity contribution < 1.29 is 4.43 Å². The first-order chi connectivity index (χ1) is 7.67. The molecule has 3 heteroatoms. The van der Waals surface area contributed by atoms with Crippen LogP contribution >= 0.6 is 11.3 Å². The first-order valence-corrected chi connectivity index (χ1v) is 10.1. The lowest BCUT2D eigenvalue weighted by atomic mass is 10.2. The zero-order valence-corrected chi connectivity index (χ0v) is 14.1. The minimum absolute atomic E-state index is 0.299. The van der Waals surface area contributed by atoms with E-state index in [4.69, 9.17) is 4.43 Å². The van der Waals surface area contributed by atoms with Crippen LogP contribution in [0.25, 0.3) is 0 Å². The molecule has 1 aromatic rings. The molecule has 1 nitrogen and oxygen atoms in total. The number of hydrogen-bond acceptors (Lipinski definition) is 2. The SMILES string of the molecule is CCc1cc(CO[Si](C)(C)C(C)(C)C)sc1C. The van der Waals surface area contributed by atoms with Gasteiger partial charge < -0.3 is 4.43 Å². The van der Waals surface area contributed by atoms with Gasteiger partial charge >= 0.3 is 0 Å². The maximum absolute atomic E-state index is 6.24. The fourth-order valence-electron chi connectivity index (χ4n) is 1.48. The minimum atomic E-state index is -1.60. The largest absolute Gasteiger partial charge is 0.412 e. The second kappa shape index (κ2) is 5.25. The van der Waals surface area contributed by atoms with Crippen LogP contribution < -0.4 is 0 Å². The Morgan fingerprint density at radius 1 is 1.29 bits per heavy atom. The maximum Gasteiger partial charge on any atom is 0.192 e. The summed E-state index contributed by atoms with van der Waals surface area (Å²) in [6.45, 7) is 16.7. The summed E-state index contributed by atoms with van der Waals surface area (Å²) >= 11 is 1.89. The predicted octanol–water partition coefficient (Wildman–Crippen LogP) is 5.14. The van der Waals surface area contributed by atoms with Crippen molar-refractivity contribution in [3.8, 4) is 0 Å². The molecule has 0 spiro atoms. The predicted molar refractivity (Wildman–Crippen MR) is 80.4 cm³/mol. The molecule has 0 unspecified atom stereocenters. The molecule has 0 N–H and O–H groups in total. The van der Waals surface area contributed by atoms with E-state index in [1.54, 1.807) is 0 Å². The molecule has 0 aliphatic carbocycles. The van der Waals surface area contributed by atoms with Gasteiger partial charge in [0.2, 0.25) is 0 Å². The van der Waals surface area contributed by atoms with E-state index in [9.17, 15) is 0 Å². The first kappa shape index (κ1) is 14.9. The molecule has 0 aliphatic heterocycles. The van der Waals surface area contributed by atoms with Gasteiger partial charge in [-0.3, -0.25) is 0 Å². The highest BCUT2D eigenvalue weighted by molar-refractivity contribution is 7.12. The third-order valence-corrected chi connectivity index (χ3v) is 9.38. The van der Waals surface area contributed by atoms with Gasteiger partial charge in [0.15, 0.2) is 8.32 Å². The van der Waals surface area contributed by atoms with Crippen LogP contribution in [-0.2, 0) is 17.5 Å². The average molecular weight is 271 g/mol. The molecule has 0 bridgehead atoms. The summed E-state index contributed by atoms with van der Waals surface area (Å²) in [5.74, 6) is 0. The quantitative estimate of drug-likeness (QED) is 0.688. The van der Waals surface area contributed by atoms with E-state index < -0.39 is 8.32 Å². The molecule has 0 aliphatic rings. The van der Waals surface area contributed by atoms with Crippen LogP contribution in [-0.4, -0.2) is 8.32 Å².